The molecule has 1 aliphatic carbocycles. The van der Waals surface area contributed by atoms with Gasteiger partial charge in [-0.05, 0) is 122 Å². The summed E-state index contributed by atoms with van der Waals surface area (Å²) >= 11 is 0. The Morgan fingerprint density at radius 3 is 1.88 bits per heavy atom. The average molecular weight is 721 g/mol. The maximum absolute atomic E-state index is 2.50. The van der Waals surface area contributed by atoms with E-state index in [0.717, 1.165) is 0 Å². The number of hydrogen-bond donors (Lipinski definition) is 0. The molecule has 0 N–H and O–H groups in total. The molecule has 0 aliphatic heterocycles. The molecular weight excluding hydrogens is 677 g/mol. The molecule has 0 unspecified atom stereocenters. The summed E-state index contributed by atoms with van der Waals surface area (Å²) in [6.45, 7) is 9.70. The summed E-state index contributed by atoms with van der Waals surface area (Å²) in [5.41, 5.74) is 15.6. The molecule has 270 valence electrons. The summed E-state index contributed by atoms with van der Waals surface area (Å²) in [7, 11) is 0. The molecule has 10 aromatic rings. The quantitative estimate of drug-likeness (QED) is 0.171. The van der Waals surface area contributed by atoms with Crippen LogP contribution in [0.5, 0.6) is 0 Å². The number of nitrogens with zero attached hydrogens (tertiary/aromatic N) is 2. The number of rotatable bonds is 4. The van der Waals surface area contributed by atoms with Gasteiger partial charge in [0.1, 0.15) is 0 Å². The molecule has 1 aliphatic rings. The number of fused-ring (bicyclic) bond motifs is 9. The third kappa shape index (κ3) is 4.81. The molecule has 11 rings (SSSR count). The van der Waals surface area contributed by atoms with Crippen LogP contribution in [0.15, 0.2) is 170 Å². The van der Waals surface area contributed by atoms with Crippen LogP contribution in [0.4, 0.5) is 0 Å². The first-order chi connectivity index (χ1) is 27.3. The number of benzene rings is 8. The van der Waals surface area contributed by atoms with Crippen LogP contribution < -0.4 is 0 Å². The van der Waals surface area contributed by atoms with E-state index in [9.17, 15) is 0 Å². The Kier molecular flexibility index (Phi) is 7.11. The van der Waals surface area contributed by atoms with E-state index in [1.54, 1.807) is 0 Å². The first-order valence-corrected chi connectivity index (χ1v) is 20.1. The third-order valence-corrected chi connectivity index (χ3v) is 12.9. The molecule has 0 radical (unpaired) electrons. The van der Waals surface area contributed by atoms with E-state index in [4.69, 9.17) is 0 Å². The van der Waals surface area contributed by atoms with Gasteiger partial charge >= 0.3 is 0 Å². The van der Waals surface area contributed by atoms with E-state index >= 15 is 0 Å². The second-order valence-electron chi connectivity index (χ2n) is 17.2. The van der Waals surface area contributed by atoms with Crippen molar-refractivity contribution in [2.75, 3.05) is 0 Å². The summed E-state index contributed by atoms with van der Waals surface area (Å²) in [4.78, 5) is 0. The average Bonchev–Trinajstić information content (AvgIpc) is 3.76. The van der Waals surface area contributed by atoms with Gasteiger partial charge in [0.05, 0.1) is 22.1 Å². The molecule has 0 fully saturated rings. The Hall–Kier alpha value is -6.38. The summed E-state index contributed by atoms with van der Waals surface area (Å²) in [6, 6.07) is 63.2. The van der Waals surface area contributed by atoms with Crippen molar-refractivity contribution in [2.45, 2.75) is 51.4 Å². The van der Waals surface area contributed by atoms with Crippen molar-refractivity contribution in [1.82, 2.24) is 9.13 Å². The lowest BCUT2D eigenvalue weighted by Gasteiger charge is -2.43. The van der Waals surface area contributed by atoms with Crippen molar-refractivity contribution >= 4 is 54.4 Å². The molecule has 56 heavy (non-hydrogen) atoms. The van der Waals surface area contributed by atoms with Gasteiger partial charge in [0.25, 0.3) is 0 Å². The molecule has 0 saturated heterocycles. The van der Waals surface area contributed by atoms with E-state index in [1.807, 2.05) is 0 Å². The number of hydrogen-bond acceptors (Lipinski definition) is 0. The summed E-state index contributed by atoms with van der Waals surface area (Å²) in [5.74, 6) is 0. The van der Waals surface area contributed by atoms with Gasteiger partial charge in [-0.3, -0.25) is 0 Å². The molecule has 0 atom stereocenters. The van der Waals surface area contributed by atoms with E-state index in [0.29, 0.717) is 0 Å². The minimum absolute atomic E-state index is 0.107. The Morgan fingerprint density at radius 1 is 0.393 bits per heavy atom. The molecule has 0 spiro atoms. The smallest absolute Gasteiger partial charge is 0.0547 e. The second kappa shape index (κ2) is 12.1. The normalized spacial score (nSPS) is 14.9. The highest BCUT2D eigenvalue weighted by Crippen LogP contribution is 2.50. The number of para-hydroxylation sites is 2. The Morgan fingerprint density at radius 2 is 1.00 bits per heavy atom. The van der Waals surface area contributed by atoms with Crippen molar-refractivity contribution in [1.29, 1.82) is 0 Å². The van der Waals surface area contributed by atoms with Crippen LogP contribution in [-0.2, 0) is 10.8 Å². The standard InChI is InChI=1S/C54H44N2/c1-53(2)31-32-54(3,4)52-42(23-13-24-45(52)53)36-16-12-19-39(33-36)56-47-29-28-37(34-44(47)51-40-20-9-8-15-35(40)27-30-49(51)56)41-22-14-26-48-50(41)43-21-10-11-25-46(43)55(48)38-17-6-5-7-18-38/h5-30,33-34H,31-32H2,1-4H3. The molecular formula is C54H44N2. The fourth-order valence-electron chi connectivity index (χ4n) is 10.1. The molecule has 2 heteroatoms. The van der Waals surface area contributed by atoms with Gasteiger partial charge in [-0.15, -0.1) is 0 Å². The van der Waals surface area contributed by atoms with E-state index in [1.165, 1.54) is 112 Å². The van der Waals surface area contributed by atoms with E-state index < -0.39 is 0 Å². The van der Waals surface area contributed by atoms with Gasteiger partial charge in [-0.2, -0.15) is 0 Å². The van der Waals surface area contributed by atoms with Crippen molar-refractivity contribution < 1.29 is 0 Å². The van der Waals surface area contributed by atoms with Crippen molar-refractivity contribution in [3.63, 3.8) is 0 Å². The van der Waals surface area contributed by atoms with Crippen LogP contribution in [0.3, 0.4) is 0 Å². The molecule has 2 nitrogen and oxygen atoms in total. The zero-order valence-corrected chi connectivity index (χ0v) is 32.5. The highest BCUT2D eigenvalue weighted by atomic mass is 15.0. The summed E-state index contributed by atoms with van der Waals surface area (Å²) in [5, 5.41) is 7.65. The lowest BCUT2D eigenvalue weighted by Crippen LogP contribution is -2.34. The third-order valence-electron chi connectivity index (χ3n) is 12.9. The second-order valence-corrected chi connectivity index (χ2v) is 17.2. The van der Waals surface area contributed by atoms with Crippen LogP contribution >= 0.6 is 0 Å². The minimum Gasteiger partial charge on any atom is -0.309 e. The van der Waals surface area contributed by atoms with Crippen LogP contribution in [0.2, 0.25) is 0 Å². The Bertz CT molecular complexity index is 3190. The SMILES string of the molecule is CC1(C)CCC(C)(C)c2c(-c3cccc(-n4c5ccc(-c6cccc7c6c6ccccc6n7-c6ccccc6)cc5c5c6ccccc6ccc54)c3)cccc21. The lowest BCUT2D eigenvalue weighted by molar-refractivity contribution is 0.333. The van der Waals surface area contributed by atoms with Crippen LogP contribution in [0, 0.1) is 0 Å². The molecule has 2 heterocycles. The maximum atomic E-state index is 2.50. The van der Waals surface area contributed by atoms with E-state index in [2.05, 4.69) is 207 Å². The predicted molar refractivity (Wildman–Crippen MR) is 239 cm³/mol. The summed E-state index contributed by atoms with van der Waals surface area (Å²) < 4.78 is 4.90. The van der Waals surface area contributed by atoms with Crippen molar-refractivity contribution in [2.24, 2.45) is 0 Å². The molecule has 8 aromatic carbocycles. The van der Waals surface area contributed by atoms with Gasteiger partial charge in [0, 0.05) is 32.9 Å². The first-order valence-electron chi connectivity index (χ1n) is 20.1. The van der Waals surface area contributed by atoms with Crippen LogP contribution in [0.1, 0.15) is 51.7 Å². The van der Waals surface area contributed by atoms with Gasteiger partial charge in [0.2, 0.25) is 0 Å². The topological polar surface area (TPSA) is 9.86 Å². The van der Waals surface area contributed by atoms with Gasteiger partial charge in [-0.25, -0.2) is 0 Å². The van der Waals surface area contributed by atoms with Crippen molar-refractivity contribution in [3.8, 4) is 33.6 Å². The maximum Gasteiger partial charge on any atom is 0.0547 e. The minimum atomic E-state index is 0.107. The summed E-state index contributed by atoms with van der Waals surface area (Å²) in [6.07, 6.45) is 2.39. The Balaban J connectivity index is 1.16. The predicted octanol–water partition coefficient (Wildman–Crippen LogP) is 14.7. The first kappa shape index (κ1) is 33.0. The highest BCUT2D eigenvalue weighted by molar-refractivity contribution is 6.23. The van der Waals surface area contributed by atoms with E-state index in [-0.39, 0.29) is 10.8 Å². The van der Waals surface area contributed by atoms with Gasteiger partial charge in [-0.1, -0.05) is 143 Å². The largest absolute Gasteiger partial charge is 0.309 e. The van der Waals surface area contributed by atoms with Crippen LogP contribution in [-0.4, -0.2) is 9.13 Å². The molecule has 2 aromatic heterocycles. The highest BCUT2D eigenvalue weighted by Gasteiger charge is 2.38. The zero-order valence-electron chi connectivity index (χ0n) is 32.5. The van der Waals surface area contributed by atoms with Crippen LogP contribution in [0.25, 0.3) is 88.0 Å². The zero-order chi connectivity index (χ0) is 37.8. The Labute approximate surface area is 328 Å². The number of aromatic nitrogens is 2. The monoisotopic (exact) mass is 720 g/mol. The van der Waals surface area contributed by atoms with Crippen molar-refractivity contribution in [3.05, 3.63) is 181 Å². The van der Waals surface area contributed by atoms with Gasteiger partial charge in [0.15, 0.2) is 0 Å². The molecule has 0 amide bonds. The fourth-order valence-corrected chi connectivity index (χ4v) is 10.1. The van der Waals surface area contributed by atoms with Gasteiger partial charge < -0.3 is 9.13 Å². The fraction of sp³-hybridized carbons (Fsp3) is 0.148. The molecule has 0 bridgehead atoms. The molecule has 0 saturated carbocycles. The lowest BCUT2D eigenvalue weighted by atomic mass is 9.61.